The molecule has 0 amide bonds. The first-order valence-electron chi connectivity index (χ1n) is 6.29. The molecule has 2 aromatic carbocycles. The van der Waals surface area contributed by atoms with Crippen molar-refractivity contribution < 1.29 is 14.6 Å². The number of carbonyl (C=O) groups is 1. The van der Waals surface area contributed by atoms with Crippen LogP contribution < -0.4 is 4.74 Å². The Hall–Kier alpha value is -2.00. The highest BCUT2D eigenvalue weighted by Crippen LogP contribution is 2.29. The summed E-state index contributed by atoms with van der Waals surface area (Å²) in [5, 5.41) is 9.36. The highest BCUT2D eigenvalue weighted by atomic mass is 35.5. The number of hydrogen-bond donors (Lipinski definition) is 1. The molecular formula is C16H15ClO3. The van der Waals surface area contributed by atoms with Gasteiger partial charge in [-0.2, -0.15) is 0 Å². The zero-order chi connectivity index (χ0) is 14.7. The van der Waals surface area contributed by atoms with Crippen molar-refractivity contribution in [2.45, 2.75) is 13.8 Å². The molecule has 0 unspecified atom stereocenters. The van der Waals surface area contributed by atoms with Gasteiger partial charge in [-0.25, -0.2) is 4.79 Å². The average Bonchev–Trinajstić information content (AvgIpc) is 2.40. The van der Waals surface area contributed by atoms with E-state index in [1.807, 2.05) is 38.1 Å². The van der Waals surface area contributed by atoms with Crippen LogP contribution in [0.5, 0.6) is 5.75 Å². The molecule has 0 aliphatic carbocycles. The molecule has 104 valence electrons. The summed E-state index contributed by atoms with van der Waals surface area (Å²) >= 11 is 5.88. The lowest BCUT2D eigenvalue weighted by molar-refractivity contribution is 0.0697. The lowest BCUT2D eigenvalue weighted by Crippen LogP contribution is -1.98. The van der Waals surface area contributed by atoms with Crippen LogP contribution in [0.3, 0.4) is 0 Å². The normalized spacial score (nSPS) is 10.3. The van der Waals surface area contributed by atoms with E-state index in [2.05, 4.69) is 0 Å². The molecule has 0 atom stereocenters. The quantitative estimate of drug-likeness (QED) is 0.907. The van der Waals surface area contributed by atoms with Gasteiger partial charge in [-0.15, -0.1) is 0 Å². The SMILES string of the molecule is CCOc1ccc(-c2ccc(Cl)c(C(=O)O)c2)c(C)c1. The third-order valence-electron chi connectivity index (χ3n) is 3.02. The molecule has 0 fully saturated rings. The minimum atomic E-state index is -1.03. The predicted octanol–water partition coefficient (Wildman–Crippen LogP) is 4.41. The summed E-state index contributed by atoms with van der Waals surface area (Å²) in [6.07, 6.45) is 0. The summed E-state index contributed by atoms with van der Waals surface area (Å²) < 4.78 is 5.44. The molecule has 0 bridgehead atoms. The number of rotatable bonds is 4. The van der Waals surface area contributed by atoms with E-state index >= 15 is 0 Å². The summed E-state index contributed by atoms with van der Waals surface area (Å²) in [7, 11) is 0. The first kappa shape index (κ1) is 14.4. The molecule has 0 aliphatic heterocycles. The second kappa shape index (κ2) is 5.97. The summed E-state index contributed by atoms with van der Waals surface area (Å²) in [5.41, 5.74) is 2.92. The Morgan fingerprint density at radius 1 is 1.25 bits per heavy atom. The monoisotopic (exact) mass is 290 g/mol. The molecule has 2 aromatic rings. The van der Waals surface area contributed by atoms with Gasteiger partial charge < -0.3 is 9.84 Å². The maximum absolute atomic E-state index is 11.1. The summed E-state index contributed by atoms with van der Waals surface area (Å²) in [6.45, 7) is 4.51. The molecule has 0 heterocycles. The molecule has 0 saturated carbocycles. The van der Waals surface area contributed by atoms with E-state index in [0.717, 1.165) is 22.4 Å². The average molecular weight is 291 g/mol. The van der Waals surface area contributed by atoms with Crippen LogP contribution in [0.15, 0.2) is 36.4 Å². The summed E-state index contributed by atoms with van der Waals surface area (Å²) in [5.74, 6) is -0.221. The number of halogens is 1. The highest BCUT2D eigenvalue weighted by molar-refractivity contribution is 6.33. The van der Waals surface area contributed by atoms with E-state index in [4.69, 9.17) is 21.4 Å². The van der Waals surface area contributed by atoms with Gasteiger partial charge in [0.15, 0.2) is 0 Å². The van der Waals surface area contributed by atoms with E-state index in [9.17, 15) is 4.79 Å². The van der Waals surface area contributed by atoms with Crippen molar-refractivity contribution in [3.8, 4) is 16.9 Å². The number of carboxylic acids is 1. The Kier molecular flexibility index (Phi) is 4.30. The molecule has 1 N–H and O–H groups in total. The molecular weight excluding hydrogens is 276 g/mol. The number of aromatic carboxylic acids is 1. The van der Waals surface area contributed by atoms with Crippen molar-refractivity contribution in [1.29, 1.82) is 0 Å². The van der Waals surface area contributed by atoms with E-state index in [1.54, 1.807) is 12.1 Å². The van der Waals surface area contributed by atoms with Gasteiger partial charge in [0, 0.05) is 0 Å². The van der Waals surface area contributed by atoms with Crippen LogP contribution in [-0.2, 0) is 0 Å². The van der Waals surface area contributed by atoms with E-state index < -0.39 is 5.97 Å². The van der Waals surface area contributed by atoms with Crippen molar-refractivity contribution in [2.24, 2.45) is 0 Å². The van der Waals surface area contributed by atoms with Gasteiger partial charge in [0.05, 0.1) is 17.2 Å². The molecule has 0 spiro atoms. The van der Waals surface area contributed by atoms with Crippen molar-refractivity contribution in [2.75, 3.05) is 6.61 Å². The first-order valence-corrected chi connectivity index (χ1v) is 6.67. The van der Waals surface area contributed by atoms with Crippen molar-refractivity contribution in [3.63, 3.8) is 0 Å². The highest BCUT2D eigenvalue weighted by Gasteiger charge is 2.11. The minimum absolute atomic E-state index is 0.109. The smallest absolute Gasteiger partial charge is 0.337 e. The molecule has 20 heavy (non-hydrogen) atoms. The number of benzene rings is 2. The molecule has 0 saturated heterocycles. The van der Waals surface area contributed by atoms with Crippen LogP contribution in [0, 0.1) is 6.92 Å². The molecule has 2 rings (SSSR count). The summed E-state index contributed by atoms with van der Waals surface area (Å²) in [6, 6.07) is 10.8. The van der Waals surface area contributed by atoms with Crippen LogP contribution in [-0.4, -0.2) is 17.7 Å². The molecule has 0 aromatic heterocycles. The van der Waals surface area contributed by atoms with Gasteiger partial charge in [-0.05, 0) is 54.8 Å². The Morgan fingerprint density at radius 2 is 2.00 bits per heavy atom. The summed E-state index contributed by atoms with van der Waals surface area (Å²) in [4.78, 5) is 11.1. The van der Waals surface area contributed by atoms with Gasteiger partial charge in [-0.1, -0.05) is 23.7 Å². The fourth-order valence-corrected chi connectivity index (χ4v) is 2.27. The zero-order valence-corrected chi connectivity index (χ0v) is 12.1. The predicted molar refractivity (Wildman–Crippen MR) is 79.8 cm³/mol. The fraction of sp³-hybridized carbons (Fsp3) is 0.188. The number of carboxylic acid groups (broad SMARTS) is 1. The number of ether oxygens (including phenoxy) is 1. The van der Waals surface area contributed by atoms with Gasteiger partial charge in [-0.3, -0.25) is 0 Å². The van der Waals surface area contributed by atoms with E-state index in [-0.39, 0.29) is 10.6 Å². The van der Waals surface area contributed by atoms with Gasteiger partial charge in [0.2, 0.25) is 0 Å². The topological polar surface area (TPSA) is 46.5 Å². The van der Waals surface area contributed by atoms with Crippen molar-refractivity contribution in [1.82, 2.24) is 0 Å². The van der Waals surface area contributed by atoms with Crippen molar-refractivity contribution >= 4 is 17.6 Å². The van der Waals surface area contributed by atoms with Crippen LogP contribution in [0.1, 0.15) is 22.8 Å². The number of hydrogen-bond acceptors (Lipinski definition) is 2. The standard InChI is InChI=1S/C16H15ClO3/c1-3-20-12-5-6-13(10(2)8-12)11-4-7-15(17)14(9-11)16(18)19/h4-9H,3H2,1-2H3,(H,18,19). The van der Waals surface area contributed by atoms with Gasteiger partial charge >= 0.3 is 5.97 Å². The Morgan fingerprint density at radius 3 is 2.60 bits per heavy atom. The molecule has 0 aliphatic rings. The largest absolute Gasteiger partial charge is 0.494 e. The van der Waals surface area contributed by atoms with E-state index in [0.29, 0.717) is 6.61 Å². The Bertz CT molecular complexity index is 650. The van der Waals surface area contributed by atoms with E-state index in [1.165, 1.54) is 0 Å². The number of aryl methyl sites for hydroxylation is 1. The maximum atomic E-state index is 11.1. The second-order valence-electron chi connectivity index (χ2n) is 4.41. The Balaban J connectivity index is 2.46. The first-order chi connectivity index (χ1) is 9.52. The molecule has 0 radical (unpaired) electrons. The third-order valence-corrected chi connectivity index (χ3v) is 3.35. The Labute approximate surface area is 122 Å². The van der Waals surface area contributed by atoms with Gasteiger partial charge in [0.1, 0.15) is 5.75 Å². The zero-order valence-electron chi connectivity index (χ0n) is 11.3. The van der Waals surface area contributed by atoms with Crippen LogP contribution in [0.2, 0.25) is 5.02 Å². The molecule has 3 nitrogen and oxygen atoms in total. The van der Waals surface area contributed by atoms with Gasteiger partial charge in [0.25, 0.3) is 0 Å². The van der Waals surface area contributed by atoms with Crippen molar-refractivity contribution in [3.05, 3.63) is 52.5 Å². The second-order valence-corrected chi connectivity index (χ2v) is 4.82. The lowest BCUT2D eigenvalue weighted by Gasteiger charge is -2.10. The lowest BCUT2D eigenvalue weighted by atomic mass is 9.98. The minimum Gasteiger partial charge on any atom is -0.494 e. The van der Waals surface area contributed by atoms with Crippen LogP contribution in [0.4, 0.5) is 0 Å². The van der Waals surface area contributed by atoms with Crippen LogP contribution >= 0.6 is 11.6 Å². The fourth-order valence-electron chi connectivity index (χ4n) is 2.07. The third kappa shape index (κ3) is 2.94. The maximum Gasteiger partial charge on any atom is 0.337 e. The molecule has 4 heteroatoms. The van der Waals surface area contributed by atoms with Crippen LogP contribution in [0.25, 0.3) is 11.1 Å².